The van der Waals surface area contributed by atoms with Crippen molar-refractivity contribution in [2.45, 2.75) is 51.6 Å². The molecule has 1 unspecified atom stereocenters. The van der Waals surface area contributed by atoms with Crippen molar-refractivity contribution in [3.8, 4) is 6.07 Å². The number of aromatic nitrogens is 3. The molecule has 0 bridgehead atoms. The number of amides is 2. The van der Waals surface area contributed by atoms with Gasteiger partial charge >= 0.3 is 6.03 Å². The Morgan fingerprint density at radius 2 is 1.80 bits per heavy atom. The van der Waals surface area contributed by atoms with E-state index in [4.69, 9.17) is 5.26 Å². The summed E-state index contributed by atoms with van der Waals surface area (Å²) in [6.45, 7) is 3.40. The van der Waals surface area contributed by atoms with Crippen LogP contribution in [-0.4, -0.2) is 33.4 Å². The van der Waals surface area contributed by atoms with Crippen LogP contribution >= 0.6 is 0 Å². The molecule has 0 aliphatic carbocycles. The third kappa shape index (κ3) is 8.83. The third-order valence-electron chi connectivity index (χ3n) is 6.79. The van der Waals surface area contributed by atoms with Gasteiger partial charge in [-0.05, 0) is 67.6 Å². The molecule has 0 aliphatic rings. The van der Waals surface area contributed by atoms with Crippen molar-refractivity contribution in [1.82, 2.24) is 20.1 Å². The number of carbonyl (C=O) groups is 1. The zero-order valence-electron chi connectivity index (χ0n) is 23.8. The predicted octanol–water partition coefficient (Wildman–Crippen LogP) is 6.60. The number of unbranched alkanes of at least 4 members (excludes halogenated alkanes) is 1. The van der Waals surface area contributed by atoms with Gasteiger partial charge in [0.1, 0.15) is 11.9 Å². The minimum absolute atomic E-state index is 0.0564. The minimum atomic E-state index is -0.0971. The Hall–Kier alpha value is -4.84. The minimum Gasteiger partial charge on any atom is -0.370 e. The molecule has 2 amide bonds. The monoisotopic (exact) mass is 550 g/mol. The molecule has 0 radical (unpaired) electrons. The second kappa shape index (κ2) is 15.1. The molecule has 1 atom stereocenters. The Kier molecular flexibility index (Phi) is 10.7. The summed E-state index contributed by atoms with van der Waals surface area (Å²) in [6, 6.07) is 23.6. The first-order valence-electron chi connectivity index (χ1n) is 14.1. The van der Waals surface area contributed by atoms with E-state index < -0.39 is 0 Å². The molecule has 0 aliphatic heterocycles. The molecule has 0 spiro atoms. The van der Waals surface area contributed by atoms with Crippen LogP contribution in [0.25, 0.3) is 0 Å². The Labute approximate surface area is 242 Å². The predicted molar refractivity (Wildman–Crippen MR) is 164 cm³/mol. The van der Waals surface area contributed by atoms with Crippen molar-refractivity contribution < 1.29 is 4.79 Å². The van der Waals surface area contributed by atoms with Crippen LogP contribution < -0.4 is 20.9 Å². The van der Waals surface area contributed by atoms with E-state index in [2.05, 4.69) is 39.0 Å². The molecule has 9 nitrogen and oxygen atoms in total. The Balaban J connectivity index is 1.43. The van der Waals surface area contributed by atoms with Crippen molar-refractivity contribution >= 4 is 28.9 Å². The fourth-order valence-corrected chi connectivity index (χ4v) is 4.73. The molecular weight excluding hydrogens is 512 g/mol. The smallest absolute Gasteiger partial charge is 0.322 e. The Morgan fingerprint density at radius 1 is 1.00 bits per heavy atom. The normalized spacial score (nSPS) is 11.3. The highest BCUT2D eigenvalue weighted by Gasteiger charge is 2.24. The summed E-state index contributed by atoms with van der Waals surface area (Å²) >= 11 is 0. The van der Waals surface area contributed by atoms with Gasteiger partial charge in [0.15, 0.2) is 0 Å². The van der Waals surface area contributed by atoms with Gasteiger partial charge in [0, 0.05) is 49.9 Å². The zero-order valence-corrected chi connectivity index (χ0v) is 23.8. The van der Waals surface area contributed by atoms with Crippen molar-refractivity contribution in [3.05, 3.63) is 96.4 Å². The number of urea groups is 1. The van der Waals surface area contributed by atoms with E-state index >= 15 is 0 Å². The average molecular weight is 551 g/mol. The van der Waals surface area contributed by atoms with Crippen LogP contribution in [0.5, 0.6) is 0 Å². The number of rotatable bonds is 14. The summed E-state index contributed by atoms with van der Waals surface area (Å²) in [5.74, 6) is 0.760. The number of hydrogen-bond acceptors (Lipinski definition) is 6. The maximum absolute atomic E-state index is 13.7. The lowest BCUT2D eigenvalue weighted by atomic mass is 10.0. The van der Waals surface area contributed by atoms with Gasteiger partial charge in [0.05, 0.1) is 17.4 Å². The molecule has 4 rings (SSSR count). The number of hydrogen-bond donors (Lipinski definition) is 3. The van der Waals surface area contributed by atoms with Gasteiger partial charge in [0.25, 0.3) is 0 Å². The van der Waals surface area contributed by atoms with E-state index in [0.717, 1.165) is 67.1 Å². The molecule has 4 aromatic rings. The summed E-state index contributed by atoms with van der Waals surface area (Å²) in [5, 5.41) is 23.0. The Morgan fingerprint density at radius 3 is 2.46 bits per heavy atom. The molecule has 2 aromatic carbocycles. The zero-order chi connectivity index (χ0) is 28.9. The second-order valence-electron chi connectivity index (χ2n) is 10.00. The maximum Gasteiger partial charge on any atom is 0.322 e. The highest BCUT2D eigenvalue weighted by atomic mass is 16.2. The number of nitriles is 1. The number of nitrogens with zero attached hydrogens (tertiary/aromatic N) is 5. The lowest BCUT2D eigenvalue weighted by Gasteiger charge is -2.32. The van der Waals surface area contributed by atoms with Gasteiger partial charge in [0.2, 0.25) is 0 Å². The van der Waals surface area contributed by atoms with Gasteiger partial charge < -0.3 is 16.0 Å². The van der Waals surface area contributed by atoms with E-state index in [0.29, 0.717) is 12.1 Å². The van der Waals surface area contributed by atoms with Crippen LogP contribution in [-0.2, 0) is 13.6 Å². The van der Waals surface area contributed by atoms with E-state index in [-0.39, 0.29) is 12.1 Å². The summed E-state index contributed by atoms with van der Waals surface area (Å²) in [6.07, 6.45) is 9.92. The molecule has 41 heavy (non-hydrogen) atoms. The average Bonchev–Trinajstić information content (AvgIpc) is 3.41. The molecule has 212 valence electrons. The van der Waals surface area contributed by atoms with Gasteiger partial charge in [-0.1, -0.05) is 43.7 Å². The van der Waals surface area contributed by atoms with E-state index in [1.165, 1.54) is 0 Å². The number of nitrogens with one attached hydrogen (secondary N) is 3. The van der Waals surface area contributed by atoms with Crippen LogP contribution in [0.4, 0.5) is 27.7 Å². The molecule has 9 heteroatoms. The maximum atomic E-state index is 13.7. The number of carbonyl (C=O) groups excluding carboxylic acids is 1. The largest absolute Gasteiger partial charge is 0.370 e. The van der Waals surface area contributed by atoms with Crippen LogP contribution in [0.2, 0.25) is 0 Å². The number of aryl methyl sites for hydroxylation is 1. The molecule has 0 saturated carbocycles. The van der Waals surface area contributed by atoms with Crippen LogP contribution in [0.3, 0.4) is 0 Å². The molecule has 0 saturated heterocycles. The quantitative estimate of drug-likeness (QED) is 0.153. The van der Waals surface area contributed by atoms with Gasteiger partial charge in [-0.3, -0.25) is 9.58 Å². The van der Waals surface area contributed by atoms with E-state index in [1.807, 2.05) is 78.8 Å². The van der Waals surface area contributed by atoms with Crippen LogP contribution in [0, 0.1) is 11.3 Å². The fraction of sp³-hybridized carbons (Fsp3) is 0.312. The lowest BCUT2D eigenvalue weighted by molar-refractivity contribution is 0.242. The van der Waals surface area contributed by atoms with Crippen molar-refractivity contribution in [3.63, 3.8) is 0 Å². The van der Waals surface area contributed by atoms with Crippen LogP contribution in [0.1, 0.15) is 50.2 Å². The highest BCUT2D eigenvalue weighted by molar-refractivity contribution is 5.92. The number of anilines is 4. The SMILES string of the molecule is CCCC(CCCCNc1ccc(C#N)cn1)N(C(=O)NCc1ccccc1)c1ccc(Nc2cnn(C)c2)cc1. The van der Waals surface area contributed by atoms with E-state index in [9.17, 15) is 4.79 Å². The topological polar surface area (TPSA) is 111 Å². The van der Waals surface area contributed by atoms with Crippen molar-refractivity contribution in [1.29, 1.82) is 5.26 Å². The van der Waals surface area contributed by atoms with Crippen molar-refractivity contribution in [2.75, 3.05) is 22.1 Å². The first kappa shape index (κ1) is 29.2. The summed E-state index contributed by atoms with van der Waals surface area (Å²) in [4.78, 5) is 19.9. The van der Waals surface area contributed by atoms with Gasteiger partial charge in [-0.2, -0.15) is 10.4 Å². The first-order chi connectivity index (χ1) is 20.1. The third-order valence-corrected chi connectivity index (χ3v) is 6.79. The number of benzene rings is 2. The summed E-state index contributed by atoms with van der Waals surface area (Å²) in [5.41, 5.74) is 4.31. The summed E-state index contributed by atoms with van der Waals surface area (Å²) in [7, 11) is 1.88. The lowest BCUT2D eigenvalue weighted by Crippen LogP contribution is -2.46. The van der Waals surface area contributed by atoms with Gasteiger partial charge in [-0.25, -0.2) is 9.78 Å². The second-order valence-corrected chi connectivity index (χ2v) is 10.00. The molecular formula is C32H38N8O. The molecule has 0 fully saturated rings. The molecule has 3 N–H and O–H groups in total. The first-order valence-corrected chi connectivity index (χ1v) is 14.1. The Bertz CT molecular complexity index is 1390. The van der Waals surface area contributed by atoms with Crippen LogP contribution in [0.15, 0.2) is 85.3 Å². The fourth-order valence-electron chi connectivity index (χ4n) is 4.73. The molecule has 2 aromatic heterocycles. The summed E-state index contributed by atoms with van der Waals surface area (Å²) < 4.78 is 1.75. The van der Waals surface area contributed by atoms with Gasteiger partial charge in [-0.15, -0.1) is 0 Å². The number of pyridine rings is 1. The standard InChI is InChI=1S/C32H38N8O/c1-3-9-29(12-7-8-19-34-31-18-13-26(20-33)22-35-31)40(32(41)36-21-25-10-5-4-6-11-25)30-16-14-27(15-17-30)38-28-23-37-39(2)24-28/h4-6,10-11,13-18,22-24,29,38H,3,7-9,12,19,21H2,1-2H3,(H,34,35)(H,36,41). The highest BCUT2D eigenvalue weighted by Crippen LogP contribution is 2.26. The van der Waals surface area contributed by atoms with E-state index in [1.54, 1.807) is 23.1 Å². The van der Waals surface area contributed by atoms with Crippen molar-refractivity contribution in [2.24, 2.45) is 7.05 Å². The molecule has 2 heterocycles.